The van der Waals surface area contributed by atoms with Gasteiger partial charge in [-0.25, -0.2) is 0 Å². The molecule has 0 aliphatic heterocycles. The molecule has 2 N–H and O–H groups in total. The number of esters is 1. The molecule has 0 saturated carbocycles. The first-order chi connectivity index (χ1) is 7.63. The Hall–Kier alpha value is -1.57. The van der Waals surface area contributed by atoms with Crippen molar-refractivity contribution in [1.29, 1.82) is 5.26 Å². The van der Waals surface area contributed by atoms with Crippen molar-refractivity contribution in [3.63, 3.8) is 0 Å². The number of carbonyl (C=O) groups excluding carboxylic acids is 1. The molecule has 1 aromatic rings. The van der Waals surface area contributed by atoms with Gasteiger partial charge in [-0.1, -0.05) is 17.7 Å². The number of halogens is 1. The molecule has 0 radical (unpaired) electrons. The van der Waals surface area contributed by atoms with Gasteiger partial charge in [-0.15, -0.1) is 0 Å². The molecule has 0 heterocycles. The molecule has 0 unspecified atom stereocenters. The van der Waals surface area contributed by atoms with Crippen LogP contribution < -0.4 is 5.73 Å². The normalized spacial score (nSPS) is 9.62. The summed E-state index contributed by atoms with van der Waals surface area (Å²) in [5.74, 6) is -0.365. The molecule has 0 amide bonds. The highest BCUT2D eigenvalue weighted by Crippen LogP contribution is 2.24. The van der Waals surface area contributed by atoms with E-state index >= 15 is 0 Å². The fourth-order valence-corrected chi connectivity index (χ4v) is 1.67. The maximum absolute atomic E-state index is 11.1. The number of ether oxygens (including phenoxy) is 1. The van der Waals surface area contributed by atoms with Crippen molar-refractivity contribution in [2.45, 2.75) is 13.0 Å². The largest absolute Gasteiger partial charge is 0.469 e. The van der Waals surface area contributed by atoms with Crippen LogP contribution in [0.1, 0.15) is 16.7 Å². The van der Waals surface area contributed by atoms with E-state index in [0.717, 1.165) is 0 Å². The van der Waals surface area contributed by atoms with Crippen LogP contribution in [0.15, 0.2) is 12.1 Å². The van der Waals surface area contributed by atoms with Gasteiger partial charge >= 0.3 is 5.97 Å². The number of methoxy groups -OCH3 is 1. The van der Waals surface area contributed by atoms with Crippen molar-refractivity contribution < 1.29 is 9.53 Å². The zero-order valence-electron chi connectivity index (χ0n) is 8.79. The molecule has 0 saturated heterocycles. The van der Waals surface area contributed by atoms with E-state index in [1.165, 1.54) is 7.11 Å². The van der Waals surface area contributed by atoms with Crippen molar-refractivity contribution in [2.75, 3.05) is 7.11 Å². The lowest BCUT2D eigenvalue weighted by molar-refractivity contribution is -0.139. The van der Waals surface area contributed by atoms with Gasteiger partial charge in [0.2, 0.25) is 0 Å². The summed E-state index contributed by atoms with van der Waals surface area (Å²) < 4.78 is 4.56. The van der Waals surface area contributed by atoms with E-state index in [1.807, 2.05) is 6.07 Å². The maximum atomic E-state index is 11.1. The summed E-state index contributed by atoms with van der Waals surface area (Å²) >= 11 is 5.99. The Balaban J connectivity index is 3.17. The SMILES string of the molecule is COC(=O)Cc1ccc(C#N)c(Cl)c1CN. The fourth-order valence-electron chi connectivity index (χ4n) is 1.36. The van der Waals surface area contributed by atoms with Crippen molar-refractivity contribution in [1.82, 2.24) is 0 Å². The molecule has 0 spiro atoms. The highest BCUT2D eigenvalue weighted by Gasteiger charge is 2.13. The Labute approximate surface area is 98.6 Å². The lowest BCUT2D eigenvalue weighted by Gasteiger charge is -2.09. The monoisotopic (exact) mass is 238 g/mol. The second-order valence-corrected chi connectivity index (χ2v) is 3.51. The number of carbonyl (C=O) groups is 1. The van der Waals surface area contributed by atoms with Crippen LogP contribution in [0.3, 0.4) is 0 Å². The number of rotatable bonds is 3. The minimum atomic E-state index is -0.365. The molecule has 4 nitrogen and oxygen atoms in total. The zero-order valence-corrected chi connectivity index (χ0v) is 9.54. The summed E-state index contributed by atoms with van der Waals surface area (Å²) in [6, 6.07) is 5.20. The van der Waals surface area contributed by atoms with E-state index < -0.39 is 0 Å². The zero-order chi connectivity index (χ0) is 12.1. The molecule has 0 aromatic heterocycles. The molecule has 0 fully saturated rings. The average molecular weight is 239 g/mol. The van der Waals surface area contributed by atoms with Gasteiger partial charge in [0, 0.05) is 6.54 Å². The van der Waals surface area contributed by atoms with Gasteiger partial charge in [-0.3, -0.25) is 4.79 Å². The van der Waals surface area contributed by atoms with Gasteiger partial charge in [0.15, 0.2) is 0 Å². The van der Waals surface area contributed by atoms with E-state index in [-0.39, 0.29) is 18.9 Å². The van der Waals surface area contributed by atoms with Crippen LogP contribution in [0.5, 0.6) is 0 Å². The van der Waals surface area contributed by atoms with Gasteiger partial charge in [-0.2, -0.15) is 5.26 Å². The first kappa shape index (κ1) is 12.5. The average Bonchev–Trinajstić information content (AvgIpc) is 2.29. The minimum Gasteiger partial charge on any atom is -0.469 e. The molecule has 0 bridgehead atoms. The summed E-state index contributed by atoms with van der Waals surface area (Å²) in [6.07, 6.45) is 0.106. The second-order valence-electron chi connectivity index (χ2n) is 3.13. The molecule has 0 atom stereocenters. The Kier molecular flexibility index (Phi) is 4.29. The number of nitrogens with two attached hydrogens (primary N) is 1. The number of hydrogen-bond acceptors (Lipinski definition) is 4. The van der Waals surface area contributed by atoms with Gasteiger partial charge in [0.05, 0.1) is 24.1 Å². The van der Waals surface area contributed by atoms with E-state index in [9.17, 15) is 4.79 Å². The Morgan fingerprint density at radius 2 is 2.31 bits per heavy atom. The summed E-state index contributed by atoms with van der Waals surface area (Å²) in [7, 11) is 1.32. The van der Waals surface area contributed by atoms with E-state index in [2.05, 4.69) is 4.74 Å². The molecule has 1 rings (SSSR count). The highest BCUT2D eigenvalue weighted by atomic mass is 35.5. The molecule has 5 heteroatoms. The Bertz CT molecular complexity index is 452. The molecule has 84 valence electrons. The second kappa shape index (κ2) is 5.50. The number of benzene rings is 1. The summed E-state index contributed by atoms with van der Waals surface area (Å²) in [4.78, 5) is 11.1. The van der Waals surface area contributed by atoms with Crippen LogP contribution in [0, 0.1) is 11.3 Å². The van der Waals surface area contributed by atoms with Crippen LogP contribution >= 0.6 is 11.6 Å². The fraction of sp³-hybridized carbons (Fsp3) is 0.273. The van der Waals surface area contributed by atoms with Crippen LogP contribution in [0.4, 0.5) is 0 Å². The number of nitrogens with zero attached hydrogens (tertiary/aromatic N) is 1. The van der Waals surface area contributed by atoms with Crippen LogP contribution in [-0.2, 0) is 22.5 Å². The van der Waals surface area contributed by atoms with Gasteiger partial charge in [-0.05, 0) is 17.2 Å². The molecule has 0 aliphatic carbocycles. The lowest BCUT2D eigenvalue weighted by atomic mass is 10.0. The first-order valence-electron chi connectivity index (χ1n) is 4.61. The predicted octanol–water partition coefficient (Wildman–Crippen LogP) is 1.39. The molecular formula is C11H11ClN2O2. The van der Waals surface area contributed by atoms with Crippen LogP contribution in [0.25, 0.3) is 0 Å². The van der Waals surface area contributed by atoms with Crippen molar-refractivity contribution in [3.8, 4) is 6.07 Å². The van der Waals surface area contributed by atoms with Gasteiger partial charge in [0.1, 0.15) is 6.07 Å². The third-order valence-corrected chi connectivity index (χ3v) is 2.66. The summed E-state index contributed by atoms with van der Waals surface area (Å²) in [5.41, 5.74) is 7.21. The summed E-state index contributed by atoms with van der Waals surface area (Å²) in [5, 5.41) is 9.10. The van der Waals surface area contributed by atoms with Crippen LogP contribution in [-0.4, -0.2) is 13.1 Å². The third-order valence-electron chi connectivity index (χ3n) is 2.23. The summed E-state index contributed by atoms with van der Waals surface area (Å²) in [6.45, 7) is 0.181. The van der Waals surface area contributed by atoms with Gasteiger partial charge in [0.25, 0.3) is 0 Å². The molecule has 16 heavy (non-hydrogen) atoms. The topological polar surface area (TPSA) is 76.1 Å². The molecule has 0 aliphatic rings. The van der Waals surface area contributed by atoms with E-state index in [0.29, 0.717) is 21.7 Å². The highest BCUT2D eigenvalue weighted by molar-refractivity contribution is 6.32. The van der Waals surface area contributed by atoms with E-state index in [1.54, 1.807) is 12.1 Å². The Morgan fingerprint density at radius 3 is 2.81 bits per heavy atom. The lowest BCUT2D eigenvalue weighted by Crippen LogP contribution is -2.10. The number of nitriles is 1. The quantitative estimate of drug-likeness (QED) is 0.808. The molecular weight excluding hydrogens is 228 g/mol. The first-order valence-corrected chi connectivity index (χ1v) is 4.99. The standard InChI is InChI=1S/C11H11ClN2O2/c1-16-10(15)4-7-2-3-8(5-13)11(12)9(7)6-14/h2-3H,4,6,14H2,1H3. The third kappa shape index (κ3) is 2.51. The number of hydrogen-bond donors (Lipinski definition) is 1. The van der Waals surface area contributed by atoms with Crippen molar-refractivity contribution in [3.05, 3.63) is 33.8 Å². The Morgan fingerprint density at radius 1 is 1.62 bits per heavy atom. The predicted molar refractivity (Wildman–Crippen MR) is 59.8 cm³/mol. The van der Waals surface area contributed by atoms with Crippen molar-refractivity contribution >= 4 is 17.6 Å². The van der Waals surface area contributed by atoms with E-state index in [4.69, 9.17) is 22.6 Å². The molecule has 1 aromatic carbocycles. The van der Waals surface area contributed by atoms with Crippen LogP contribution in [0.2, 0.25) is 5.02 Å². The maximum Gasteiger partial charge on any atom is 0.309 e. The van der Waals surface area contributed by atoms with Gasteiger partial charge < -0.3 is 10.5 Å². The van der Waals surface area contributed by atoms with Crippen molar-refractivity contribution in [2.24, 2.45) is 5.73 Å². The minimum absolute atomic E-state index is 0.106. The smallest absolute Gasteiger partial charge is 0.309 e.